The van der Waals surface area contributed by atoms with Gasteiger partial charge >= 0.3 is 5.69 Å². The van der Waals surface area contributed by atoms with Gasteiger partial charge < -0.3 is 10.6 Å². The number of aromatic amines is 2. The summed E-state index contributed by atoms with van der Waals surface area (Å²) in [5.41, 5.74) is 3.48. The van der Waals surface area contributed by atoms with Gasteiger partial charge in [-0.15, -0.1) is 0 Å². The Kier molecular flexibility index (Phi) is 5.74. The molecule has 2 aromatic rings. The van der Waals surface area contributed by atoms with Crippen LogP contribution in [0.2, 0.25) is 0 Å². The first kappa shape index (κ1) is 18.4. The quantitative estimate of drug-likeness (QED) is 0.636. The van der Waals surface area contributed by atoms with Crippen molar-refractivity contribution in [1.82, 2.24) is 20.5 Å². The van der Waals surface area contributed by atoms with Crippen molar-refractivity contribution < 1.29 is 9.59 Å². The molecule has 8 heteroatoms. The van der Waals surface area contributed by atoms with Crippen LogP contribution in [0.5, 0.6) is 0 Å². The van der Waals surface area contributed by atoms with Crippen molar-refractivity contribution in [3.8, 4) is 0 Å². The first-order valence-electron chi connectivity index (χ1n) is 8.08. The molecule has 2 rings (SSSR count). The summed E-state index contributed by atoms with van der Waals surface area (Å²) in [4.78, 5) is 37.5. The van der Waals surface area contributed by atoms with Gasteiger partial charge in [0.15, 0.2) is 5.82 Å². The fraction of sp³-hybridized carbons (Fsp3) is 0.412. The van der Waals surface area contributed by atoms with E-state index in [4.69, 9.17) is 0 Å². The summed E-state index contributed by atoms with van der Waals surface area (Å²) in [6.45, 7) is 7.58. The fourth-order valence-electron chi connectivity index (χ4n) is 2.68. The molecular formula is C17H23N5O3. The number of benzene rings is 1. The predicted octanol–water partition coefficient (Wildman–Crippen LogP) is 1.62. The summed E-state index contributed by atoms with van der Waals surface area (Å²) < 4.78 is 0. The predicted molar refractivity (Wildman–Crippen MR) is 94.3 cm³/mol. The van der Waals surface area contributed by atoms with Gasteiger partial charge in [0.1, 0.15) is 0 Å². The maximum Gasteiger partial charge on any atom is 0.340 e. The lowest BCUT2D eigenvalue weighted by atomic mass is 10.0. The summed E-state index contributed by atoms with van der Waals surface area (Å²) in [6.07, 6.45) is 0.122. The Morgan fingerprint density at radius 3 is 2.28 bits per heavy atom. The van der Waals surface area contributed by atoms with Gasteiger partial charge in [0.2, 0.25) is 11.8 Å². The van der Waals surface area contributed by atoms with Crippen molar-refractivity contribution >= 4 is 17.5 Å². The number of amides is 2. The number of hydrogen-bond donors (Lipinski definition) is 4. The zero-order chi connectivity index (χ0) is 18.6. The van der Waals surface area contributed by atoms with Crippen LogP contribution in [-0.2, 0) is 9.59 Å². The highest BCUT2D eigenvalue weighted by molar-refractivity contribution is 5.94. The van der Waals surface area contributed by atoms with E-state index in [-0.39, 0.29) is 24.7 Å². The van der Waals surface area contributed by atoms with Gasteiger partial charge in [-0.05, 0) is 38.8 Å². The lowest BCUT2D eigenvalue weighted by molar-refractivity contribution is -0.124. The number of aromatic nitrogens is 3. The summed E-state index contributed by atoms with van der Waals surface area (Å²) in [6, 6.07) is 3.56. The van der Waals surface area contributed by atoms with E-state index < -0.39 is 11.7 Å². The lowest BCUT2D eigenvalue weighted by Crippen LogP contribution is -2.28. The van der Waals surface area contributed by atoms with Crippen molar-refractivity contribution in [2.45, 2.75) is 46.6 Å². The van der Waals surface area contributed by atoms with Gasteiger partial charge in [-0.1, -0.05) is 17.7 Å². The first-order valence-corrected chi connectivity index (χ1v) is 8.08. The highest BCUT2D eigenvalue weighted by Crippen LogP contribution is 2.22. The number of carbonyl (C=O) groups excluding carboxylic acids is 2. The van der Waals surface area contributed by atoms with E-state index in [2.05, 4.69) is 25.8 Å². The smallest absolute Gasteiger partial charge is 0.340 e. The molecule has 0 spiro atoms. The molecule has 0 aliphatic heterocycles. The largest absolute Gasteiger partial charge is 0.346 e. The van der Waals surface area contributed by atoms with Crippen LogP contribution in [0, 0.1) is 20.8 Å². The molecule has 8 nitrogen and oxygen atoms in total. The molecule has 0 saturated carbocycles. The Morgan fingerprint density at radius 1 is 1.12 bits per heavy atom. The maximum absolute atomic E-state index is 12.1. The molecule has 134 valence electrons. The van der Waals surface area contributed by atoms with E-state index in [1.165, 1.54) is 0 Å². The Labute approximate surface area is 145 Å². The minimum Gasteiger partial charge on any atom is -0.346 e. The molecule has 0 bridgehead atoms. The third-order valence-electron chi connectivity index (χ3n) is 3.83. The second-order valence-electron chi connectivity index (χ2n) is 6.17. The maximum atomic E-state index is 12.1. The molecule has 1 aromatic heterocycles. The van der Waals surface area contributed by atoms with Crippen LogP contribution >= 0.6 is 0 Å². The summed E-state index contributed by atoms with van der Waals surface area (Å²) in [5.74, 6) is -0.163. The number of carbonyl (C=O) groups is 2. The van der Waals surface area contributed by atoms with Crippen molar-refractivity contribution in [3.05, 3.63) is 45.1 Å². The molecule has 0 radical (unpaired) electrons. The Morgan fingerprint density at radius 2 is 1.72 bits per heavy atom. The zero-order valence-electron chi connectivity index (χ0n) is 14.8. The van der Waals surface area contributed by atoms with Crippen LogP contribution in [0.1, 0.15) is 48.3 Å². The molecule has 0 saturated heterocycles. The van der Waals surface area contributed by atoms with Crippen LogP contribution in [0.15, 0.2) is 16.9 Å². The number of rotatable bonds is 6. The minimum atomic E-state index is -0.448. The van der Waals surface area contributed by atoms with Crippen LogP contribution in [-0.4, -0.2) is 27.0 Å². The molecule has 4 N–H and O–H groups in total. The first-order chi connectivity index (χ1) is 11.8. The molecular weight excluding hydrogens is 322 g/mol. The minimum absolute atomic E-state index is 0.0504. The molecule has 1 atom stereocenters. The van der Waals surface area contributed by atoms with E-state index in [1.54, 1.807) is 6.92 Å². The SMILES string of the molecule is Cc1cc(C)c(NC(=O)CCC(=O)N[C@H](C)c2n[nH]c(=O)[nH]2)c(C)c1. The molecule has 2 amide bonds. The van der Waals surface area contributed by atoms with Crippen LogP contribution in [0.25, 0.3) is 0 Å². The van der Waals surface area contributed by atoms with Gasteiger partial charge in [0.25, 0.3) is 0 Å². The number of hydrogen-bond acceptors (Lipinski definition) is 4. The lowest BCUT2D eigenvalue weighted by Gasteiger charge is -2.13. The van der Waals surface area contributed by atoms with E-state index in [1.807, 2.05) is 32.9 Å². The number of nitrogens with one attached hydrogen (secondary N) is 4. The van der Waals surface area contributed by atoms with Gasteiger partial charge in [0, 0.05) is 18.5 Å². The molecule has 0 fully saturated rings. The van der Waals surface area contributed by atoms with Gasteiger partial charge in [-0.25, -0.2) is 9.89 Å². The number of H-pyrrole nitrogens is 2. The molecule has 1 heterocycles. The van der Waals surface area contributed by atoms with Crippen LogP contribution < -0.4 is 16.3 Å². The van der Waals surface area contributed by atoms with Crippen molar-refractivity contribution in [3.63, 3.8) is 0 Å². The molecule has 0 aliphatic carbocycles. The molecule has 0 aliphatic rings. The van der Waals surface area contributed by atoms with Gasteiger partial charge in [-0.3, -0.25) is 14.6 Å². The Balaban J connectivity index is 1.85. The van der Waals surface area contributed by atoms with E-state index in [9.17, 15) is 14.4 Å². The Hall–Kier alpha value is -2.90. The normalized spacial score (nSPS) is 11.8. The third kappa shape index (κ3) is 5.03. The second-order valence-corrected chi connectivity index (χ2v) is 6.17. The monoisotopic (exact) mass is 345 g/mol. The average molecular weight is 345 g/mol. The van der Waals surface area contributed by atoms with Crippen molar-refractivity contribution in [2.24, 2.45) is 0 Å². The van der Waals surface area contributed by atoms with Crippen molar-refractivity contribution in [1.29, 1.82) is 0 Å². The average Bonchev–Trinajstić information content (AvgIpc) is 2.95. The Bertz CT molecular complexity index is 814. The fourth-order valence-corrected chi connectivity index (χ4v) is 2.68. The van der Waals surface area contributed by atoms with Gasteiger partial charge in [0.05, 0.1) is 6.04 Å². The van der Waals surface area contributed by atoms with Crippen molar-refractivity contribution in [2.75, 3.05) is 5.32 Å². The van der Waals surface area contributed by atoms with Crippen LogP contribution in [0.4, 0.5) is 5.69 Å². The standard InChI is InChI=1S/C17H23N5O3/c1-9-7-10(2)15(11(3)8-9)19-14(24)6-5-13(23)18-12(4)16-20-17(25)22-21-16/h7-8,12H,5-6H2,1-4H3,(H,18,23)(H,19,24)(H2,20,21,22,25)/t12-/m1/s1. The molecule has 1 aromatic carbocycles. The second kappa shape index (κ2) is 7.78. The summed E-state index contributed by atoms with van der Waals surface area (Å²) >= 11 is 0. The highest BCUT2D eigenvalue weighted by Gasteiger charge is 2.15. The number of aryl methyl sites for hydroxylation is 3. The summed E-state index contributed by atoms with van der Waals surface area (Å²) in [7, 11) is 0. The topological polar surface area (TPSA) is 120 Å². The van der Waals surface area contributed by atoms with Gasteiger partial charge in [-0.2, -0.15) is 5.10 Å². The van der Waals surface area contributed by atoms with Crippen LogP contribution in [0.3, 0.4) is 0 Å². The third-order valence-corrected chi connectivity index (χ3v) is 3.83. The van der Waals surface area contributed by atoms with E-state index in [0.717, 1.165) is 22.4 Å². The van der Waals surface area contributed by atoms with E-state index in [0.29, 0.717) is 5.82 Å². The highest BCUT2D eigenvalue weighted by atomic mass is 16.2. The zero-order valence-corrected chi connectivity index (χ0v) is 14.8. The summed E-state index contributed by atoms with van der Waals surface area (Å²) in [5, 5.41) is 11.6. The number of nitrogens with zero attached hydrogens (tertiary/aromatic N) is 1. The number of anilines is 1. The van der Waals surface area contributed by atoms with E-state index >= 15 is 0 Å². The molecule has 0 unspecified atom stereocenters. The molecule has 25 heavy (non-hydrogen) atoms.